The molecule has 0 atom stereocenters. The quantitative estimate of drug-likeness (QED) is 0.840. The molecule has 0 saturated heterocycles. The molecule has 2 aromatic heterocycles. The van der Waals surface area contributed by atoms with Crippen LogP contribution in [0.5, 0.6) is 0 Å². The lowest BCUT2D eigenvalue weighted by Crippen LogP contribution is -2.10. The molecule has 2 heterocycles. The van der Waals surface area contributed by atoms with E-state index in [9.17, 15) is 13.2 Å². The highest BCUT2D eigenvalue weighted by Crippen LogP contribution is 2.40. The number of alkyl halides is 3. The Kier molecular flexibility index (Phi) is 2.96. The molecule has 1 saturated carbocycles. The summed E-state index contributed by atoms with van der Waals surface area (Å²) >= 11 is 0. The van der Waals surface area contributed by atoms with Crippen molar-refractivity contribution in [2.24, 2.45) is 0 Å². The molecule has 1 aliphatic carbocycles. The fourth-order valence-electron chi connectivity index (χ4n) is 2.07. The molecule has 104 valence electrons. The largest absolute Gasteiger partial charge is 0.451 e. The van der Waals surface area contributed by atoms with Crippen molar-refractivity contribution < 1.29 is 13.2 Å². The Morgan fingerprint density at radius 1 is 1.05 bits per heavy atom. The topological polar surface area (TPSA) is 38.7 Å². The van der Waals surface area contributed by atoms with Crippen LogP contribution in [0.2, 0.25) is 0 Å². The predicted octanol–water partition coefficient (Wildman–Crippen LogP) is 3.74. The van der Waals surface area contributed by atoms with Crippen molar-refractivity contribution in [2.75, 3.05) is 0 Å². The van der Waals surface area contributed by atoms with Gasteiger partial charge in [0.05, 0.1) is 0 Å². The summed E-state index contributed by atoms with van der Waals surface area (Å²) in [6, 6.07) is 3.74. The molecule has 0 bridgehead atoms. The van der Waals surface area contributed by atoms with Crippen LogP contribution < -0.4 is 0 Å². The van der Waals surface area contributed by atoms with E-state index in [0.29, 0.717) is 11.5 Å². The molecule has 0 N–H and O–H groups in total. The van der Waals surface area contributed by atoms with Gasteiger partial charge in [-0.25, -0.2) is 9.97 Å². The Labute approximate surface area is 113 Å². The number of aryl methyl sites for hydroxylation is 1. The van der Waals surface area contributed by atoms with Crippen molar-refractivity contribution in [3.8, 4) is 11.1 Å². The molecule has 0 unspecified atom stereocenters. The highest BCUT2D eigenvalue weighted by atomic mass is 19.4. The van der Waals surface area contributed by atoms with Gasteiger partial charge in [-0.1, -0.05) is 0 Å². The van der Waals surface area contributed by atoms with Crippen LogP contribution in [0.25, 0.3) is 11.1 Å². The molecule has 2 aromatic rings. The van der Waals surface area contributed by atoms with E-state index >= 15 is 0 Å². The second-order valence-electron chi connectivity index (χ2n) is 4.99. The van der Waals surface area contributed by atoms with Crippen molar-refractivity contribution in [3.63, 3.8) is 0 Å². The lowest BCUT2D eigenvalue weighted by Gasteiger charge is -2.08. The molecular formula is C14H12F3N3. The van der Waals surface area contributed by atoms with Gasteiger partial charge < -0.3 is 0 Å². The summed E-state index contributed by atoms with van der Waals surface area (Å²) in [5.74, 6) is -0.626. The molecule has 1 fully saturated rings. The van der Waals surface area contributed by atoms with Crippen LogP contribution in [0.1, 0.15) is 36.0 Å². The molecule has 3 rings (SSSR count). The minimum atomic E-state index is -4.51. The first kappa shape index (κ1) is 13.0. The molecule has 0 amide bonds. The van der Waals surface area contributed by atoms with Crippen molar-refractivity contribution in [1.82, 2.24) is 15.0 Å². The Morgan fingerprint density at radius 3 is 2.25 bits per heavy atom. The number of aromatic nitrogens is 3. The van der Waals surface area contributed by atoms with Gasteiger partial charge in [-0.05, 0) is 37.5 Å². The minimum Gasteiger partial charge on any atom is -0.258 e. The van der Waals surface area contributed by atoms with Crippen molar-refractivity contribution in [1.29, 1.82) is 0 Å². The summed E-state index contributed by atoms with van der Waals surface area (Å²) in [4.78, 5) is 11.2. The fraction of sp³-hybridized carbons (Fsp3) is 0.357. The van der Waals surface area contributed by atoms with E-state index in [-0.39, 0.29) is 0 Å². The Morgan fingerprint density at radius 2 is 1.70 bits per heavy atom. The van der Waals surface area contributed by atoms with Crippen molar-refractivity contribution in [3.05, 3.63) is 41.7 Å². The van der Waals surface area contributed by atoms with Gasteiger partial charge in [0.25, 0.3) is 0 Å². The molecule has 1 aliphatic rings. The zero-order valence-corrected chi connectivity index (χ0v) is 10.8. The van der Waals surface area contributed by atoms with Crippen LogP contribution in [0.3, 0.4) is 0 Å². The third kappa shape index (κ3) is 2.64. The Hall–Kier alpha value is -1.98. The van der Waals surface area contributed by atoms with Crippen LogP contribution in [0, 0.1) is 6.92 Å². The molecule has 6 heteroatoms. The minimum absolute atomic E-state index is 0.490. The second-order valence-corrected chi connectivity index (χ2v) is 4.99. The number of nitrogens with zero attached hydrogens (tertiary/aromatic N) is 3. The van der Waals surface area contributed by atoms with E-state index in [2.05, 4.69) is 15.0 Å². The van der Waals surface area contributed by atoms with E-state index in [4.69, 9.17) is 0 Å². The molecule has 0 aliphatic heterocycles. The van der Waals surface area contributed by atoms with Crippen LogP contribution >= 0.6 is 0 Å². The van der Waals surface area contributed by atoms with Crippen LogP contribution in [0.4, 0.5) is 13.2 Å². The zero-order chi connectivity index (χ0) is 14.3. The van der Waals surface area contributed by atoms with E-state index < -0.39 is 12.0 Å². The van der Waals surface area contributed by atoms with Gasteiger partial charge in [0.15, 0.2) is 0 Å². The molecular weight excluding hydrogens is 267 g/mol. The maximum Gasteiger partial charge on any atom is 0.451 e. The SMILES string of the molecule is Cc1cc(-c2cnc(C(F)(F)F)nc2)cc(C2CC2)n1. The first-order valence-corrected chi connectivity index (χ1v) is 6.31. The monoisotopic (exact) mass is 279 g/mol. The number of pyridine rings is 1. The fourth-order valence-corrected chi connectivity index (χ4v) is 2.07. The number of rotatable bonds is 2. The maximum absolute atomic E-state index is 12.4. The summed E-state index contributed by atoms with van der Waals surface area (Å²) in [5.41, 5.74) is 3.24. The summed E-state index contributed by atoms with van der Waals surface area (Å²) in [6.07, 6.45) is 0.160. The lowest BCUT2D eigenvalue weighted by atomic mass is 10.1. The first-order valence-electron chi connectivity index (χ1n) is 6.31. The predicted molar refractivity (Wildman–Crippen MR) is 67.0 cm³/mol. The van der Waals surface area contributed by atoms with Gasteiger partial charge in [0, 0.05) is 35.3 Å². The number of halogens is 3. The van der Waals surface area contributed by atoms with Gasteiger partial charge in [0.2, 0.25) is 5.82 Å². The van der Waals surface area contributed by atoms with E-state index in [0.717, 1.165) is 29.8 Å². The van der Waals surface area contributed by atoms with E-state index in [1.807, 2.05) is 19.1 Å². The van der Waals surface area contributed by atoms with Gasteiger partial charge in [0.1, 0.15) is 0 Å². The standard InChI is InChI=1S/C14H12F3N3/c1-8-4-10(5-12(20-8)9-2-3-9)11-6-18-13(19-7-11)14(15,16)17/h4-7,9H,2-3H2,1H3. The van der Waals surface area contributed by atoms with Gasteiger partial charge in [-0.2, -0.15) is 13.2 Å². The molecule has 0 spiro atoms. The zero-order valence-electron chi connectivity index (χ0n) is 10.8. The summed E-state index contributed by atoms with van der Waals surface area (Å²) < 4.78 is 37.3. The lowest BCUT2D eigenvalue weighted by molar-refractivity contribution is -0.144. The van der Waals surface area contributed by atoms with Crippen LogP contribution in [-0.4, -0.2) is 15.0 Å². The summed E-state index contributed by atoms with van der Waals surface area (Å²) in [6.45, 7) is 1.88. The summed E-state index contributed by atoms with van der Waals surface area (Å²) in [7, 11) is 0. The smallest absolute Gasteiger partial charge is 0.258 e. The average molecular weight is 279 g/mol. The van der Waals surface area contributed by atoms with Crippen molar-refractivity contribution >= 4 is 0 Å². The summed E-state index contributed by atoms with van der Waals surface area (Å²) in [5, 5.41) is 0. The second kappa shape index (κ2) is 4.54. The van der Waals surface area contributed by atoms with Gasteiger partial charge >= 0.3 is 6.18 Å². The Bertz CT molecular complexity index is 631. The normalized spacial score (nSPS) is 15.4. The number of hydrogen-bond acceptors (Lipinski definition) is 3. The van der Waals surface area contributed by atoms with Gasteiger partial charge in [-0.3, -0.25) is 4.98 Å². The molecule has 20 heavy (non-hydrogen) atoms. The third-order valence-corrected chi connectivity index (χ3v) is 3.21. The molecule has 0 radical (unpaired) electrons. The Balaban J connectivity index is 1.96. The van der Waals surface area contributed by atoms with Gasteiger partial charge in [-0.15, -0.1) is 0 Å². The first-order chi connectivity index (χ1) is 9.43. The third-order valence-electron chi connectivity index (χ3n) is 3.21. The van der Waals surface area contributed by atoms with Crippen LogP contribution in [-0.2, 0) is 6.18 Å². The highest BCUT2D eigenvalue weighted by Gasteiger charge is 2.34. The molecule has 0 aromatic carbocycles. The van der Waals surface area contributed by atoms with Crippen molar-refractivity contribution in [2.45, 2.75) is 31.9 Å². The highest BCUT2D eigenvalue weighted by molar-refractivity contribution is 5.62. The van der Waals surface area contributed by atoms with E-state index in [1.165, 1.54) is 12.4 Å². The number of hydrogen-bond donors (Lipinski definition) is 0. The maximum atomic E-state index is 12.4. The van der Waals surface area contributed by atoms with Crippen LogP contribution in [0.15, 0.2) is 24.5 Å². The average Bonchev–Trinajstić information content (AvgIpc) is 3.21. The molecule has 3 nitrogen and oxygen atoms in total. The van der Waals surface area contributed by atoms with E-state index in [1.54, 1.807) is 0 Å².